The molecule has 1 aliphatic heterocycles. The molecule has 3 unspecified atom stereocenters. The zero-order valence-electron chi connectivity index (χ0n) is 14.1. The van der Waals surface area contributed by atoms with E-state index in [1.54, 1.807) is 0 Å². The quantitative estimate of drug-likeness (QED) is 0.717. The fourth-order valence-electron chi connectivity index (χ4n) is 4.52. The van der Waals surface area contributed by atoms with Crippen molar-refractivity contribution in [3.63, 3.8) is 0 Å². The summed E-state index contributed by atoms with van der Waals surface area (Å²) in [5.74, 6) is 3.38. The van der Waals surface area contributed by atoms with Gasteiger partial charge in [-0.05, 0) is 50.9 Å². The van der Waals surface area contributed by atoms with Gasteiger partial charge in [-0.15, -0.1) is 0 Å². The van der Waals surface area contributed by atoms with Gasteiger partial charge in [0.2, 0.25) is 0 Å². The SMILES string of the molecule is C=C(NCC1C2CN(C(C)(C)CCC)CC12)C1C=CCC1. The van der Waals surface area contributed by atoms with Gasteiger partial charge in [-0.2, -0.15) is 0 Å². The number of likely N-dealkylation sites (tertiary alicyclic amines) is 1. The monoisotopic (exact) mass is 288 g/mol. The van der Waals surface area contributed by atoms with Crippen LogP contribution in [0.4, 0.5) is 0 Å². The summed E-state index contributed by atoms with van der Waals surface area (Å²) in [6, 6.07) is 0. The van der Waals surface area contributed by atoms with E-state index in [4.69, 9.17) is 0 Å². The van der Waals surface area contributed by atoms with E-state index in [0.717, 1.165) is 24.3 Å². The van der Waals surface area contributed by atoms with Gasteiger partial charge in [0, 0.05) is 36.8 Å². The van der Waals surface area contributed by atoms with Gasteiger partial charge in [-0.25, -0.2) is 0 Å². The van der Waals surface area contributed by atoms with Crippen molar-refractivity contribution in [2.45, 2.75) is 52.0 Å². The summed E-state index contributed by atoms with van der Waals surface area (Å²) < 4.78 is 0. The molecule has 0 amide bonds. The Bertz CT molecular complexity index is 411. The van der Waals surface area contributed by atoms with E-state index < -0.39 is 0 Å². The van der Waals surface area contributed by atoms with Crippen LogP contribution in [-0.2, 0) is 0 Å². The number of nitrogens with one attached hydrogen (secondary N) is 1. The van der Waals surface area contributed by atoms with Crippen molar-refractivity contribution < 1.29 is 0 Å². The van der Waals surface area contributed by atoms with Gasteiger partial charge in [0.15, 0.2) is 0 Å². The zero-order chi connectivity index (χ0) is 15.0. The lowest BCUT2D eigenvalue weighted by Gasteiger charge is -2.37. The first-order valence-corrected chi connectivity index (χ1v) is 8.87. The van der Waals surface area contributed by atoms with Crippen molar-refractivity contribution in [2.75, 3.05) is 19.6 Å². The lowest BCUT2D eigenvalue weighted by Crippen LogP contribution is -2.44. The molecular formula is C19H32N2. The third kappa shape index (κ3) is 3.06. The maximum Gasteiger partial charge on any atom is 0.0178 e. The molecular weight excluding hydrogens is 256 g/mol. The Labute approximate surface area is 130 Å². The van der Waals surface area contributed by atoms with Gasteiger partial charge in [-0.1, -0.05) is 32.1 Å². The molecule has 2 nitrogen and oxygen atoms in total. The highest BCUT2D eigenvalue weighted by Crippen LogP contribution is 2.53. The van der Waals surface area contributed by atoms with Crippen LogP contribution in [0.15, 0.2) is 24.4 Å². The summed E-state index contributed by atoms with van der Waals surface area (Å²) in [7, 11) is 0. The number of hydrogen-bond donors (Lipinski definition) is 1. The first kappa shape index (κ1) is 15.1. The summed E-state index contributed by atoms with van der Waals surface area (Å²) in [5.41, 5.74) is 1.65. The molecule has 1 saturated heterocycles. The Morgan fingerprint density at radius 2 is 2.05 bits per heavy atom. The van der Waals surface area contributed by atoms with Crippen molar-refractivity contribution in [2.24, 2.45) is 23.7 Å². The molecule has 21 heavy (non-hydrogen) atoms. The molecule has 1 heterocycles. The van der Waals surface area contributed by atoms with Gasteiger partial charge in [0.25, 0.3) is 0 Å². The van der Waals surface area contributed by atoms with Crippen LogP contribution in [0, 0.1) is 23.7 Å². The molecule has 1 saturated carbocycles. The first-order chi connectivity index (χ1) is 10.0. The van der Waals surface area contributed by atoms with Gasteiger partial charge < -0.3 is 5.32 Å². The molecule has 0 radical (unpaired) electrons. The molecule has 2 fully saturated rings. The predicted octanol–water partition coefficient (Wildman–Crippen LogP) is 3.81. The van der Waals surface area contributed by atoms with Crippen LogP contribution >= 0.6 is 0 Å². The number of allylic oxidation sites excluding steroid dienone is 2. The van der Waals surface area contributed by atoms with Crippen molar-refractivity contribution in [1.29, 1.82) is 0 Å². The fourth-order valence-corrected chi connectivity index (χ4v) is 4.52. The molecule has 0 aromatic heterocycles. The molecule has 118 valence electrons. The molecule has 0 aromatic rings. The van der Waals surface area contributed by atoms with E-state index in [9.17, 15) is 0 Å². The lowest BCUT2D eigenvalue weighted by molar-refractivity contribution is 0.119. The third-order valence-electron chi connectivity index (χ3n) is 6.11. The van der Waals surface area contributed by atoms with Crippen LogP contribution in [0.2, 0.25) is 0 Å². The molecule has 2 aliphatic carbocycles. The number of hydrogen-bond acceptors (Lipinski definition) is 2. The predicted molar refractivity (Wildman–Crippen MR) is 90.0 cm³/mol. The van der Waals surface area contributed by atoms with Crippen molar-refractivity contribution in [3.05, 3.63) is 24.4 Å². The summed E-state index contributed by atoms with van der Waals surface area (Å²) >= 11 is 0. The second-order valence-corrected chi connectivity index (χ2v) is 7.98. The van der Waals surface area contributed by atoms with Crippen LogP contribution in [0.25, 0.3) is 0 Å². The van der Waals surface area contributed by atoms with E-state index in [1.165, 1.54) is 44.5 Å². The van der Waals surface area contributed by atoms with Gasteiger partial charge >= 0.3 is 0 Å². The summed E-state index contributed by atoms with van der Waals surface area (Å²) in [4.78, 5) is 2.73. The molecule has 3 aliphatic rings. The average molecular weight is 288 g/mol. The average Bonchev–Trinajstić information content (AvgIpc) is 2.91. The van der Waals surface area contributed by atoms with Gasteiger partial charge in [0.05, 0.1) is 0 Å². The molecule has 0 bridgehead atoms. The van der Waals surface area contributed by atoms with E-state index in [0.29, 0.717) is 11.5 Å². The van der Waals surface area contributed by atoms with Gasteiger partial charge in [-0.3, -0.25) is 4.90 Å². The Hall–Kier alpha value is -0.760. The van der Waals surface area contributed by atoms with E-state index in [2.05, 4.69) is 49.7 Å². The standard InChI is InChI=1S/C19H32N2/c1-5-10-19(3,4)21-12-17-16(18(17)13-21)11-20-14(2)15-8-6-7-9-15/h6,8,15-18,20H,2,5,7,9-13H2,1,3-4H3. The highest BCUT2D eigenvalue weighted by molar-refractivity contribution is 5.14. The second-order valence-electron chi connectivity index (χ2n) is 7.98. The topological polar surface area (TPSA) is 15.3 Å². The number of rotatable bonds is 7. The van der Waals surface area contributed by atoms with Crippen molar-refractivity contribution in [1.82, 2.24) is 10.2 Å². The number of fused-ring (bicyclic) bond motifs is 1. The van der Waals surface area contributed by atoms with E-state index in [-0.39, 0.29) is 0 Å². The maximum absolute atomic E-state index is 4.24. The van der Waals surface area contributed by atoms with Crippen LogP contribution in [0.3, 0.4) is 0 Å². The molecule has 0 aromatic carbocycles. The first-order valence-electron chi connectivity index (χ1n) is 8.87. The van der Waals surface area contributed by atoms with Crippen LogP contribution < -0.4 is 5.32 Å². The van der Waals surface area contributed by atoms with E-state index >= 15 is 0 Å². The second kappa shape index (κ2) is 5.79. The number of piperidine rings is 1. The van der Waals surface area contributed by atoms with Crippen molar-refractivity contribution in [3.8, 4) is 0 Å². The molecule has 0 spiro atoms. The summed E-state index contributed by atoms with van der Waals surface area (Å²) in [6.07, 6.45) is 9.69. The summed E-state index contributed by atoms with van der Waals surface area (Å²) in [5, 5.41) is 3.63. The Morgan fingerprint density at radius 3 is 2.62 bits per heavy atom. The molecule has 2 heteroatoms. The van der Waals surface area contributed by atoms with Crippen LogP contribution in [-0.4, -0.2) is 30.1 Å². The smallest absolute Gasteiger partial charge is 0.0178 e. The van der Waals surface area contributed by atoms with E-state index in [1.807, 2.05) is 0 Å². The minimum Gasteiger partial charge on any atom is -0.388 e. The molecule has 3 rings (SSSR count). The zero-order valence-corrected chi connectivity index (χ0v) is 14.1. The fraction of sp³-hybridized carbons (Fsp3) is 0.789. The van der Waals surface area contributed by atoms with Crippen LogP contribution in [0.1, 0.15) is 46.5 Å². The largest absolute Gasteiger partial charge is 0.388 e. The highest BCUT2D eigenvalue weighted by Gasteiger charge is 2.56. The van der Waals surface area contributed by atoms with Gasteiger partial charge in [0.1, 0.15) is 0 Å². The Kier molecular flexibility index (Phi) is 4.18. The van der Waals surface area contributed by atoms with Crippen LogP contribution in [0.5, 0.6) is 0 Å². The Morgan fingerprint density at radius 1 is 1.33 bits per heavy atom. The number of nitrogens with zero attached hydrogens (tertiary/aromatic N) is 1. The maximum atomic E-state index is 4.24. The third-order valence-corrected chi connectivity index (χ3v) is 6.11. The van der Waals surface area contributed by atoms with Crippen molar-refractivity contribution >= 4 is 0 Å². The highest BCUT2D eigenvalue weighted by atomic mass is 15.2. The summed E-state index contributed by atoms with van der Waals surface area (Å²) in [6.45, 7) is 15.2. The lowest BCUT2D eigenvalue weighted by atomic mass is 9.96. The molecule has 3 atom stereocenters. The molecule has 1 N–H and O–H groups in total. The minimum absolute atomic E-state index is 0.401. The Balaban J connectivity index is 1.41. The normalized spacial score (nSPS) is 35.0. The minimum atomic E-state index is 0.401.